The lowest BCUT2D eigenvalue weighted by Crippen LogP contribution is -2.41. The average Bonchev–Trinajstić information content (AvgIpc) is 1.98. The van der Waals surface area contributed by atoms with Crippen molar-refractivity contribution in [3.63, 3.8) is 0 Å². The summed E-state index contributed by atoms with van der Waals surface area (Å²) in [6.07, 6.45) is 4.39. The third-order valence-electron chi connectivity index (χ3n) is 1.57. The van der Waals surface area contributed by atoms with Crippen molar-refractivity contribution in [1.82, 2.24) is 0 Å². The largest absolute Gasteiger partial charge is 0.472 e. The quantitative estimate of drug-likeness (QED) is 0.476. The van der Waals surface area contributed by atoms with Crippen molar-refractivity contribution in [2.75, 3.05) is 6.61 Å². The molecule has 1 atom stereocenters. The smallest absolute Gasteiger partial charge is 0.426 e. The van der Waals surface area contributed by atoms with Gasteiger partial charge in [0.25, 0.3) is 0 Å². The maximum Gasteiger partial charge on any atom is 0.472 e. The molecule has 0 bridgehead atoms. The lowest BCUT2D eigenvalue weighted by atomic mass is 9.77. The highest BCUT2D eigenvalue weighted by Gasteiger charge is 2.22. The van der Waals surface area contributed by atoms with Crippen LogP contribution in [0.5, 0.6) is 0 Å². The second-order valence-electron chi connectivity index (χ2n) is 2.66. The Labute approximate surface area is 66.7 Å². The van der Waals surface area contributed by atoms with Crippen LogP contribution in [0.25, 0.3) is 0 Å². The summed E-state index contributed by atoms with van der Waals surface area (Å²) in [7, 11) is -0.864. The van der Waals surface area contributed by atoms with E-state index in [1.165, 1.54) is 0 Å². The SMILES string of the molecule is C=C1/C=C\CC(N)B(O)OC1. The lowest BCUT2D eigenvalue weighted by Gasteiger charge is -2.16. The van der Waals surface area contributed by atoms with Gasteiger partial charge in [0.1, 0.15) is 0 Å². The van der Waals surface area contributed by atoms with Gasteiger partial charge in [0.05, 0.1) is 6.61 Å². The first kappa shape index (κ1) is 8.52. The zero-order valence-electron chi connectivity index (χ0n) is 6.36. The Morgan fingerprint density at radius 3 is 3.27 bits per heavy atom. The molecule has 0 aromatic carbocycles. The van der Waals surface area contributed by atoms with Crippen LogP contribution in [0.1, 0.15) is 6.42 Å². The Morgan fingerprint density at radius 2 is 2.55 bits per heavy atom. The summed E-state index contributed by atoms with van der Waals surface area (Å²) in [6.45, 7) is 4.06. The summed E-state index contributed by atoms with van der Waals surface area (Å²) >= 11 is 0. The Balaban J connectivity index is 2.56. The number of hydrogen-bond donors (Lipinski definition) is 2. The van der Waals surface area contributed by atoms with E-state index in [4.69, 9.17) is 10.4 Å². The Bertz CT molecular complexity index is 181. The summed E-state index contributed by atoms with van der Waals surface area (Å²) < 4.78 is 4.99. The van der Waals surface area contributed by atoms with E-state index in [1.807, 2.05) is 12.2 Å². The summed E-state index contributed by atoms with van der Waals surface area (Å²) in [6, 6.07) is 0. The van der Waals surface area contributed by atoms with E-state index in [9.17, 15) is 5.02 Å². The molecule has 0 amide bonds. The summed E-state index contributed by atoms with van der Waals surface area (Å²) in [5.74, 6) is -0.320. The molecule has 1 aliphatic heterocycles. The van der Waals surface area contributed by atoms with Gasteiger partial charge in [0, 0.05) is 5.94 Å². The van der Waals surface area contributed by atoms with Crippen molar-refractivity contribution in [2.45, 2.75) is 12.4 Å². The number of hydrogen-bond acceptors (Lipinski definition) is 3. The minimum absolute atomic E-state index is 0.320. The van der Waals surface area contributed by atoms with Gasteiger partial charge in [0.2, 0.25) is 0 Å². The minimum Gasteiger partial charge on any atom is -0.426 e. The molecule has 1 heterocycles. The molecule has 4 heteroatoms. The third kappa shape index (κ3) is 2.50. The van der Waals surface area contributed by atoms with Crippen LogP contribution >= 0.6 is 0 Å². The molecule has 11 heavy (non-hydrogen) atoms. The highest BCUT2D eigenvalue weighted by Crippen LogP contribution is 2.05. The minimum atomic E-state index is -0.864. The van der Waals surface area contributed by atoms with Crippen LogP contribution in [-0.2, 0) is 4.65 Å². The van der Waals surface area contributed by atoms with Crippen LogP contribution in [-0.4, -0.2) is 24.7 Å². The van der Waals surface area contributed by atoms with Gasteiger partial charge < -0.3 is 15.4 Å². The fourth-order valence-corrected chi connectivity index (χ4v) is 0.872. The number of rotatable bonds is 0. The summed E-state index contributed by atoms with van der Waals surface area (Å²) in [4.78, 5) is 0. The molecule has 1 unspecified atom stereocenters. The molecule has 0 aliphatic carbocycles. The molecular formula is C7H12BNO2. The molecular weight excluding hydrogens is 141 g/mol. The van der Waals surface area contributed by atoms with Crippen molar-refractivity contribution in [2.24, 2.45) is 5.73 Å². The number of nitrogens with two attached hydrogens (primary N) is 1. The Kier molecular flexibility index (Phi) is 2.88. The van der Waals surface area contributed by atoms with Gasteiger partial charge in [0.15, 0.2) is 0 Å². The fourth-order valence-electron chi connectivity index (χ4n) is 0.872. The molecule has 0 saturated carbocycles. The van der Waals surface area contributed by atoms with E-state index >= 15 is 0 Å². The van der Waals surface area contributed by atoms with E-state index in [-0.39, 0.29) is 5.94 Å². The zero-order valence-corrected chi connectivity index (χ0v) is 6.36. The van der Waals surface area contributed by atoms with Gasteiger partial charge in [-0.2, -0.15) is 0 Å². The molecule has 60 valence electrons. The molecule has 0 spiro atoms. The van der Waals surface area contributed by atoms with Gasteiger partial charge >= 0.3 is 7.12 Å². The molecule has 1 rings (SSSR count). The van der Waals surface area contributed by atoms with Gasteiger partial charge in [-0.05, 0) is 12.0 Å². The van der Waals surface area contributed by atoms with Crippen LogP contribution in [0, 0.1) is 0 Å². The maximum atomic E-state index is 9.18. The second-order valence-corrected chi connectivity index (χ2v) is 2.66. The summed E-state index contributed by atoms with van der Waals surface area (Å²) in [5.41, 5.74) is 6.39. The zero-order chi connectivity index (χ0) is 8.27. The van der Waals surface area contributed by atoms with Gasteiger partial charge in [-0.25, -0.2) is 0 Å². The highest BCUT2D eigenvalue weighted by atomic mass is 16.5. The van der Waals surface area contributed by atoms with Crippen LogP contribution in [0.3, 0.4) is 0 Å². The van der Waals surface area contributed by atoms with Crippen LogP contribution in [0.4, 0.5) is 0 Å². The van der Waals surface area contributed by atoms with Crippen LogP contribution in [0.2, 0.25) is 0 Å². The third-order valence-corrected chi connectivity index (χ3v) is 1.57. The van der Waals surface area contributed by atoms with Crippen molar-refractivity contribution in [3.8, 4) is 0 Å². The van der Waals surface area contributed by atoms with E-state index in [0.29, 0.717) is 13.0 Å². The molecule has 1 aliphatic rings. The highest BCUT2D eigenvalue weighted by molar-refractivity contribution is 6.44. The van der Waals surface area contributed by atoms with E-state index in [0.717, 1.165) is 5.57 Å². The first-order valence-corrected chi connectivity index (χ1v) is 3.59. The standard InChI is InChI=1S/C7H12BNO2/c1-6-3-2-4-7(9)8(10)11-5-6/h2-3,7,10H,1,4-5,9H2/b3-2-. The second kappa shape index (κ2) is 3.71. The normalized spacial score (nSPS) is 29.5. The molecule has 3 nitrogen and oxygen atoms in total. The lowest BCUT2D eigenvalue weighted by molar-refractivity contribution is 0.274. The van der Waals surface area contributed by atoms with Crippen molar-refractivity contribution in [3.05, 3.63) is 24.3 Å². The molecule has 0 saturated heterocycles. The van der Waals surface area contributed by atoms with Gasteiger partial charge in [-0.1, -0.05) is 18.7 Å². The molecule has 0 radical (unpaired) electrons. The van der Waals surface area contributed by atoms with Crippen LogP contribution < -0.4 is 5.73 Å². The van der Waals surface area contributed by atoms with Crippen molar-refractivity contribution in [1.29, 1.82) is 0 Å². The molecule has 3 N–H and O–H groups in total. The molecule has 0 aromatic heterocycles. The first-order valence-electron chi connectivity index (χ1n) is 3.59. The predicted octanol–water partition coefficient (Wildman–Crippen LogP) is -0.134. The maximum absolute atomic E-state index is 9.18. The van der Waals surface area contributed by atoms with Crippen LogP contribution in [0.15, 0.2) is 24.3 Å². The first-order chi connectivity index (χ1) is 5.20. The van der Waals surface area contributed by atoms with Crippen molar-refractivity contribution < 1.29 is 9.68 Å². The monoisotopic (exact) mass is 153 g/mol. The van der Waals surface area contributed by atoms with Crippen molar-refractivity contribution >= 4 is 7.12 Å². The van der Waals surface area contributed by atoms with E-state index in [1.54, 1.807) is 0 Å². The van der Waals surface area contributed by atoms with E-state index in [2.05, 4.69) is 6.58 Å². The predicted molar refractivity (Wildman–Crippen MR) is 44.8 cm³/mol. The van der Waals surface area contributed by atoms with Gasteiger partial charge in [-0.3, -0.25) is 0 Å². The Morgan fingerprint density at radius 1 is 1.82 bits per heavy atom. The van der Waals surface area contributed by atoms with E-state index < -0.39 is 7.12 Å². The molecule has 0 aromatic rings. The topological polar surface area (TPSA) is 55.5 Å². The Hall–Kier alpha value is -0.575. The fraction of sp³-hybridized carbons (Fsp3) is 0.429. The summed E-state index contributed by atoms with van der Waals surface area (Å²) in [5, 5.41) is 9.18. The molecule has 0 fully saturated rings. The average molecular weight is 153 g/mol. The van der Waals surface area contributed by atoms with Gasteiger partial charge in [-0.15, -0.1) is 0 Å².